The maximum absolute atomic E-state index is 12.8. The number of hydrogen-bond acceptors (Lipinski definition) is 12. The summed E-state index contributed by atoms with van der Waals surface area (Å²) in [4.78, 5) is 12.8. The number of carbonyl (C=O) groups is 1. The van der Waals surface area contributed by atoms with Crippen LogP contribution in [-0.4, -0.2) is 91.3 Å². The molecule has 12 nitrogen and oxygen atoms in total. The molecule has 5 rings (SSSR count). The van der Waals surface area contributed by atoms with Gasteiger partial charge < -0.3 is 53.6 Å². The lowest BCUT2D eigenvalue weighted by atomic mass is 9.92. The zero-order chi connectivity index (χ0) is 27.7. The number of hydrogen-bond donors (Lipinski definition) is 4. The van der Waals surface area contributed by atoms with Crippen LogP contribution in [0.25, 0.3) is 6.08 Å². The van der Waals surface area contributed by atoms with E-state index in [0.29, 0.717) is 34.8 Å². The van der Waals surface area contributed by atoms with E-state index in [2.05, 4.69) is 0 Å². The van der Waals surface area contributed by atoms with E-state index < -0.39 is 43.3 Å². The smallest absolute Gasteiger partial charge is 0.334 e. The molecule has 12 heteroatoms. The largest absolute Gasteiger partial charge is 0.493 e. The van der Waals surface area contributed by atoms with E-state index in [0.717, 1.165) is 5.56 Å². The SMILES string of the molecule is COc1ccc(C[C@H]2COC(=O)/C2=C/c2ccc3c(c2O[C@@H]2O[C@H](CO)[C@@H](O)[C@H](O)[C@H]2O)OCO3)cc1OC. The molecule has 2 aromatic rings. The Kier molecular flexibility index (Phi) is 7.82. The highest BCUT2D eigenvalue weighted by atomic mass is 16.7. The first-order valence-electron chi connectivity index (χ1n) is 12.3. The highest BCUT2D eigenvalue weighted by Gasteiger charge is 2.45. The fraction of sp³-hybridized carbons (Fsp3) is 0.444. The molecule has 3 aliphatic heterocycles. The van der Waals surface area contributed by atoms with Gasteiger partial charge in [-0.15, -0.1) is 0 Å². The summed E-state index contributed by atoms with van der Waals surface area (Å²) in [7, 11) is 3.10. The lowest BCUT2D eigenvalue weighted by Crippen LogP contribution is -2.60. The predicted octanol–water partition coefficient (Wildman–Crippen LogP) is 0.410. The highest BCUT2D eigenvalue weighted by molar-refractivity contribution is 5.96. The van der Waals surface area contributed by atoms with E-state index in [1.54, 1.807) is 38.5 Å². The Morgan fingerprint density at radius 3 is 2.51 bits per heavy atom. The van der Waals surface area contributed by atoms with Gasteiger partial charge in [0, 0.05) is 17.1 Å². The summed E-state index contributed by atoms with van der Waals surface area (Å²) < 4.78 is 38.6. The summed E-state index contributed by atoms with van der Waals surface area (Å²) in [5.41, 5.74) is 1.70. The number of esters is 1. The van der Waals surface area contributed by atoms with Crippen molar-refractivity contribution < 1.29 is 58.4 Å². The molecule has 0 spiro atoms. The van der Waals surface area contributed by atoms with Crippen LogP contribution in [0.4, 0.5) is 0 Å². The fourth-order valence-electron chi connectivity index (χ4n) is 4.80. The first kappa shape index (κ1) is 27.0. The third-order valence-corrected chi connectivity index (χ3v) is 6.94. The Morgan fingerprint density at radius 2 is 1.77 bits per heavy atom. The number of ether oxygens (including phenoxy) is 7. The molecule has 3 heterocycles. The number of aliphatic hydroxyl groups excluding tert-OH is 4. The molecule has 3 aliphatic rings. The number of cyclic esters (lactones) is 1. The van der Waals surface area contributed by atoms with E-state index in [1.165, 1.54) is 0 Å². The van der Waals surface area contributed by atoms with Crippen molar-refractivity contribution in [1.29, 1.82) is 0 Å². The topological polar surface area (TPSA) is 163 Å². The summed E-state index contributed by atoms with van der Waals surface area (Å²) in [5.74, 6) is 1.05. The summed E-state index contributed by atoms with van der Waals surface area (Å²) in [6.07, 6.45) is -5.36. The van der Waals surface area contributed by atoms with E-state index in [1.807, 2.05) is 12.1 Å². The van der Waals surface area contributed by atoms with Gasteiger partial charge in [-0.1, -0.05) is 6.07 Å². The van der Waals surface area contributed by atoms with Gasteiger partial charge in [0.15, 0.2) is 23.0 Å². The van der Waals surface area contributed by atoms with Gasteiger partial charge in [0.25, 0.3) is 0 Å². The van der Waals surface area contributed by atoms with Crippen molar-refractivity contribution in [3.05, 3.63) is 47.0 Å². The number of carbonyl (C=O) groups excluding carboxylic acids is 1. The minimum atomic E-state index is -1.64. The van der Waals surface area contributed by atoms with Crippen LogP contribution in [0.3, 0.4) is 0 Å². The van der Waals surface area contributed by atoms with Crippen molar-refractivity contribution in [3.8, 4) is 28.7 Å². The second-order valence-corrected chi connectivity index (χ2v) is 9.32. The molecule has 0 aliphatic carbocycles. The summed E-state index contributed by atoms with van der Waals surface area (Å²) in [6, 6.07) is 8.82. The fourth-order valence-corrected chi connectivity index (χ4v) is 4.80. The maximum atomic E-state index is 12.8. The van der Waals surface area contributed by atoms with E-state index in [9.17, 15) is 25.2 Å². The standard InChI is InChI=1S/C27H30O12/c1-33-17-5-3-13(8-19(17)34-2)7-15-11-35-26(32)16(15)9-14-4-6-18-25(37-12-36-18)24(14)39-27-23(31)22(30)21(29)20(10-28)38-27/h3-6,8-9,15,20-23,27-31H,7,10-12H2,1-2H3/b16-9+/t15-,20+,21+,22-,23+,27-/m0/s1. The molecule has 6 atom stereocenters. The molecule has 2 saturated heterocycles. The van der Waals surface area contributed by atoms with Gasteiger partial charge >= 0.3 is 5.97 Å². The predicted molar refractivity (Wildman–Crippen MR) is 133 cm³/mol. The van der Waals surface area contributed by atoms with Gasteiger partial charge in [-0.25, -0.2) is 4.79 Å². The average molecular weight is 547 g/mol. The van der Waals surface area contributed by atoms with Crippen LogP contribution in [0.5, 0.6) is 28.7 Å². The van der Waals surface area contributed by atoms with Gasteiger partial charge in [0.1, 0.15) is 24.4 Å². The number of fused-ring (bicyclic) bond motifs is 1. The molecular weight excluding hydrogens is 516 g/mol. The van der Waals surface area contributed by atoms with Gasteiger partial charge in [-0.3, -0.25) is 0 Å². The molecule has 2 fully saturated rings. The van der Waals surface area contributed by atoms with E-state index in [4.69, 9.17) is 33.2 Å². The van der Waals surface area contributed by atoms with Crippen LogP contribution in [-0.2, 0) is 20.7 Å². The first-order valence-corrected chi connectivity index (χ1v) is 12.3. The van der Waals surface area contributed by atoms with Crippen molar-refractivity contribution >= 4 is 12.0 Å². The van der Waals surface area contributed by atoms with Crippen LogP contribution in [0.2, 0.25) is 0 Å². The monoisotopic (exact) mass is 546 g/mol. The lowest BCUT2D eigenvalue weighted by Gasteiger charge is -2.39. The quantitative estimate of drug-likeness (QED) is 0.267. The third-order valence-electron chi connectivity index (χ3n) is 6.94. The van der Waals surface area contributed by atoms with Crippen LogP contribution >= 0.6 is 0 Å². The molecule has 0 bridgehead atoms. The second kappa shape index (κ2) is 11.3. The van der Waals surface area contributed by atoms with Gasteiger partial charge in [0.05, 0.1) is 27.4 Å². The average Bonchev–Trinajstić information content (AvgIpc) is 3.56. The van der Waals surface area contributed by atoms with Crippen molar-refractivity contribution in [2.24, 2.45) is 5.92 Å². The summed E-state index contributed by atoms with van der Waals surface area (Å²) in [6.45, 7) is -0.519. The zero-order valence-electron chi connectivity index (χ0n) is 21.3. The minimum absolute atomic E-state index is 0.0790. The lowest BCUT2D eigenvalue weighted by molar-refractivity contribution is -0.277. The number of aliphatic hydroxyl groups is 4. The van der Waals surface area contributed by atoms with E-state index in [-0.39, 0.29) is 30.8 Å². The van der Waals surface area contributed by atoms with Gasteiger partial charge in [0.2, 0.25) is 18.8 Å². The first-order chi connectivity index (χ1) is 18.8. The Balaban J connectivity index is 1.47. The summed E-state index contributed by atoms with van der Waals surface area (Å²) in [5, 5.41) is 40.4. The van der Waals surface area contributed by atoms with Crippen LogP contribution < -0.4 is 23.7 Å². The molecule has 0 amide bonds. The van der Waals surface area contributed by atoms with Gasteiger partial charge in [-0.2, -0.15) is 0 Å². The van der Waals surface area contributed by atoms with Crippen molar-refractivity contribution in [2.45, 2.75) is 37.1 Å². The molecule has 0 aromatic heterocycles. The van der Waals surface area contributed by atoms with Crippen LogP contribution in [0.15, 0.2) is 35.9 Å². The van der Waals surface area contributed by atoms with Crippen molar-refractivity contribution in [1.82, 2.24) is 0 Å². The van der Waals surface area contributed by atoms with Crippen molar-refractivity contribution in [3.63, 3.8) is 0 Å². The summed E-state index contributed by atoms with van der Waals surface area (Å²) >= 11 is 0. The molecular formula is C27H30O12. The molecule has 210 valence electrons. The number of methoxy groups -OCH3 is 2. The second-order valence-electron chi connectivity index (χ2n) is 9.32. The Hall–Kier alpha value is -3.55. The Labute approximate surface area is 223 Å². The molecule has 39 heavy (non-hydrogen) atoms. The Bertz CT molecular complexity index is 1240. The molecule has 4 N–H and O–H groups in total. The Morgan fingerprint density at radius 1 is 0.974 bits per heavy atom. The minimum Gasteiger partial charge on any atom is -0.493 e. The zero-order valence-corrected chi connectivity index (χ0v) is 21.3. The molecule has 0 unspecified atom stereocenters. The number of rotatable bonds is 8. The highest BCUT2D eigenvalue weighted by Crippen LogP contribution is 2.46. The van der Waals surface area contributed by atoms with Crippen LogP contribution in [0, 0.1) is 5.92 Å². The van der Waals surface area contributed by atoms with Crippen LogP contribution in [0.1, 0.15) is 11.1 Å². The maximum Gasteiger partial charge on any atom is 0.334 e. The third kappa shape index (κ3) is 5.21. The number of benzene rings is 2. The molecule has 2 aromatic carbocycles. The molecule has 0 radical (unpaired) electrons. The molecule has 0 saturated carbocycles. The van der Waals surface area contributed by atoms with Gasteiger partial charge in [-0.05, 0) is 42.3 Å². The van der Waals surface area contributed by atoms with Crippen molar-refractivity contribution in [2.75, 3.05) is 34.2 Å². The van der Waals surface area contributed by atoms with E-state index >= 15 is 0 Å². The normalized spacial score (nSPS) is 28.9.